The van der Waals surface area contributed by atoms with Gasteiger partial charge in [-0.3, -0.25) is 0 Å². The van der Waals surface area contributed by atoms with Crippen molar-refractivity contribution in [2.45, 2.75) is 109 Å². The molecule has 0 nitrogen and oxygen atoms in total. The molecule has 0 bridgehead atoms. The Bertz CT molecular complexity index is 522. The van der Waals surface area contributed by atoms with Crippen molar-refractivity contribution in [2.75, 3.05) is 0 Å². The minimum absolute atomic E-state index is 0.254. The van der Waals surface area contributed by atoms with Gasteiger partial charge in [-0.05, 0) is 69.5 Å². The van der Waals surface area contributed by atoms with E-state index < -0.39 is 0 Å². The number of hydrogen-bond acceptors (Lipinski definition) is 0. The standard InChI is InChI=1S/C25H48/c1-17(2)20(5,6)25(13,22(9,10)24(12)16-19(24)4)21(7,8)23(11)15-14-18(23)3/h17-19H,14-16H2,1-13H3. The van der Waals surface area contributed by atoms with Gasteiger partial charge in [-0.2, -0.15) is 0 Å². The third-order valence-electron chi connectivity index (χ3n) is 11.9. The third kappa shape index (κ3) is 2.24. The minimum Gasteiger partial charge on any atom is -0.0622 e. The van der Waals surface area contributed by atoms with Crippen molar-refractivity contribution in [3.05, 3.63) is 0 Å². The second-order valence-electron chi connectivity index (χ2n) is 12.6. The largest absolute Gasteiger partial charge is 0.0622 e. The van der Waals surface area contributed by atoms with Crippen LogP contribution in [0.5, 0.6) is 0 Å². The zero-order valence-electron chi connectivity index (χ0n) is 19.9. The van der Waals surface area contributed by atoms with Crippen molar-refractivity contribution in [2.24, 2.45) is 50.2 Å². The maximum absolute atomic E-state index is 2.68. The van der Waals surface area contributed by atoms with E-state index in [4.69, 9.17) is 0 Å². The van der Waals surface area contributed by atoms with Crippen LogP contribution < -0.4 is 0 Å². The molecule has 0 radical (unpaired) electrons. The lowest BCUT2D eigenvalue weighted by atomic mass is 9.32. The Morgan fingerprint density at radius 1 is 0.760 bits per heavy atom. The molecule has 2 aliphatic rings. The quantitative estimate of drug-likeness (QED) is 0.453. The first-order valence-corrected chi connectivity index (χ1v) is 10.9. The van der Waals surface area contributed by atoms with Gasteiger partial charge in [0.25, 0.3) is 0 Å². The van der Waals surface area contributed by atoms with E-state index in [1.807, 2.05) is 0 Å². The Hall–Kier alpha value is 0. The first-order chi connectivity index (χ1) is 10.9. The third-order valence-corrected chi connectivity index (χ3v) is 11.9. The fourth-order valence-corrected chi connectivity index (χ4v) is 7.35. The molecule has 0 aromatic heterocycles. The van der Waals surface area contributed by atoms with Crippen molar-refractivity contribution >= 4 is 0 Å². The average molecular weight is 349 g/mol. The molecule has 0 aromatic carbocycles. The summed E-state index contributed by atoms with van der Waals surface area (Å²) in [6.45, 7) is 33.4. The maximum Gasteiger partial charge on any atom is -0.0159 e. The van der Waals surface area contributed by atoms with Gasteiger partial charge in [0.15, 0.2) is 0 Å². The van der Waals surface area contributed by atoms with E-state index in [9.17, 15) is 0 Å². The molecule has 0 heterocycles. The van der Waals surface area contributed by atoms with E-state index in [-0.39, 0.29) is 10.8 Å². The van der Waals surface area contributed by atoms with Gasteiger partial charge >= 0.3 is 0 Å². The average Bonchev–Trinajstić information content (AvgIpc) is 3.12. The monoisotopic (exact) mass is 348 g/mol. The van der Waals surface area contributed by atoms with Crippen molar-refractivity contribution < 1.29 is 0 Å². The smallest absolute Gasteiger partial charge is 0.0159 e. The van der Waals surface area contributed by atoms with Crippen LogP contribution in [0.2, 0.25) is 0 Å². The van der Waals surface area contributed by atoms with Gasteiger partial charge in [-0.25, -0.2) is 0 Å². The lowest BCUT2D eigenvalue weighted by Crippen LogP contribution is -2.66. The van der Waals surface area contributed by atoms with Crippen LogP contribution in [0.25, 0.3) is 0 Å². The summed E-state index contributed by atoms with van der Waals surface area (Å²) in [5.74, 6) is 2.37. The molecule has 2 aliphatic carbocycles. The second-order valence-corrected chi connectivity index (χ2v) is 12.6. The molecule has 2 fully saturated rings. The van der Waals surface area contributed by atoms with Gasteiger partial charge in [0.1, 0.15) is 0 Å². The SMILES string of the molecule is CC(C)C(C)(C)C(C)(C(C)(C)C1(C)CCC1C)C(C)(C)C1(C)CC1C. The van der Waals surface area contributed by atoms with Gasteiger partial charge in [0, 0.05) is 0 Å². The fourth-order valence-electron chi connectivity index (χ4n) is 7.35. The molecule has 25 heavy (non-hydrogen) atoms. The van der Waals surface area contributed by atoms with E-state index >= 15 is 0 Å². The van der Waals surface area contributed by atoms with Crippen molar-refractivity contribution in [3.8, 4) is 0 Å². The van der Waals surface area contributed by atoms with Crippen LogP contribution >= 0.6 is 0 Å². The number of hydrogen-bond donors (Lipinski definition) is 0. The summed E-state index contributed by atoms with van der Waals surface area (Å²) in [6.07, 6.45) is 4.20. The Morgan fingerprint density at radius 2 is 1.16 bits per heavy atom. The highest BCUT2D eigenvalue weighted by Crippen LogP contribution is 2.79. The van der Waals surface area contributed by atoms with Crippen molar-refractivity contribution in [1.82, 2.24) is 0 Å². The van der Waals surface area contributed by atoms with E-state index in [1.165, 1.54) is 19.3 Å². The van der Waals surface area contributed by atoms with Crippen LogP contribution in [0.4, 0.5) is 0 Å². The molecule has 2 rings (SSSR count). The summed E-state index contributed by atoms with van der Waals surface area (Å²) in [6, 6.07) is 0. The molecule has 0 amide bonds. The minimum atomic E-state index is 0.254. The summed E-state index contributed by atoms with van der Waals surface area (Å²) in [7, 11) is 0. The molecule has 0 N–H and O–H groups in total. The Labute approximate surface area is 159 Å². The van der Waals surface area contributed by atoms with Crippen LogP contribution in [0.15, 0.2) is 0 Å². The summed E-state index contributed by atoms with van der Waals surface area (Å²) < 4.78 is 0. The Morgan fingerprint density at radius 3 is 1.40 bits per heavy atom. The molecule has 5 atom stereocenters. The first kappa shape index (κ1) is 21.3. The Kier molecular flexibility index (Phi) is 4.70. The van der Waals surface area contributed by atoms with E-state index in [0.717, 1.165) is 11.8 Å². The maximum atomic E-state index is 2.68. The molecule has 0 spiro atoms. The summed E-state index contributed by atoms with van der Waals surface area (Å²) in [5, 5.41) is 0. The summed E-state index contributed by atoms with van der Waals surface area (Å²) >= 11 is 0. The normalized spacial score (nSPS) is 39.1. The van der Waals surface area contributed by atoms with Crippen LogP contribution in [-0.4, -0.2) is 0 Å². The zero-order valence-corrected chi connectivity index (χ0v) is 19.9. The highest BCUT2D eigenvalue weighted by atomic mass is 14.8. The predicted octanol–water partition coefficient (Wildman–Crippen LogP) is 8.21. The summed E-state index contributed by atoms with van der Waals surface area (Å²) in [4.78, 5) is 0. The van der Waals surface area contributed by atoms with Gasteiger partial charge in [-0.1, -0.05) is 90.0 Å². The van der Waals surface area contributed by atoms with Crippen LogP contribution in [0.3, 0.4) is 0 Å². The van der Waals surface area contributed by atoms with Crippen molar-refractivity contribution in [1.29, 1.82) is 0 Å². The lowest BCUT2D eigenvalue weighted by Gasteiger charge is -2.72. The molecule has 0 heteroatoms. The molecular formula is C25H48. The first-order valence-electron chi connectivity index (χ1n) is 10.9. The van der Waals surface area contributed by atoms with E-state index in [1.54, 1.807) is 0 Å². The molecule has 0 aromatic rings. The van der Waals surface area contributed by atoms with Crippen LogP contribution in [0.1, 0.15) is 109 Å². The molecule has 5 unspecified atom stereocenters. The van der Waals surface area contributed by atoms with Crippen LogP contribution in [-0.2, 0) is 0 Å². The molecular weight excluding hydrogens is 300 g/mol. The lowest BCUT2D eigenvalue weighted by molar-refractivity contribution is -0.245. The predicted molar refractivity (Wildman–Crippen MR) is 113 cm³/mol. The zero-order chi connectivity index (χ0) is 19.9. The topological polar surface area (TPSA) is 0 Å². The van der Waals surface area contributed by atoms with Crippen molar-refractivity contribution in [3.63, 3.8) is 0 Å². The number of rotatable bonds is 6. The molecule has 0 aliphatic heterocycles. The van der Waals surface area contributed by atoms with Gasteiger partial charge in [0.05, 0.1) is 0 Å². The Balaban J connectivity index is 2.71. The van der Waals surface area contributed by atoms with Crippen LogP contribution in [0, 0.1) is 50.2 Å². The molecule has 2 saturated carbocycles. The van der Waals surface area contributed by atoms with Gasteiger partial charge in [-0.15, -0.1) is 0 Å². The van der Waals surface area contributed by atoms with Gasteiger partial charge < -0.3 is 0 Å². The van der Waals surface area contributed by atoms with Gasteiger partial charge in [0.2, 0.25) is 0 Å². The summed E-state index contributed by atoms with van der Waals surface area (Å²) in [5.41, 5.74) is 2.04. The highest BCUT2D eigenvalue weighted by Gasteiger charge is 2.73. The highest BCUT2D eigenvalue weighted by molar-refractivity contribution is 5.21. The second kappa shape index (κ2) is 5.51. The molecule has 0 saturated heterocycles. The van der Waals surface area contributed by atoms with E-state index in [2.05, 4.69) is 90.0 Å². The molecule has 148 valence electrons. The fraction of sp³-hybridized carbons (Fsp3) is 1.00. The van der Waals surface area contributed by atoms with E-state index in [0.29, 0.717) is 27.6 Å².